The summed E-state index contributed by atoms with van der Waals surface area (Å²) >= 11 is 0. The average Bonchev–Trinajstić information content (AvgIpc) is 3.12. The van der Waals surface area contributed by atoms with E-state index in [1.807, 2.05) is 6.20 Å². The van der Waals surface area contributed by atoms with Crippen molar-refractivity contribution in [2.24, 2.45) is 0 Å². The predicted octanol–water partition coefficient (Wildman–Crippen LogP) is 3.99. The summed E-state index contributed by atoms with van der Waals surface area (Å²) in [7, 11) is 0. The van der Waals surface area contributed by atoms with Crippen LogP contribution in [0.2, 0.25) is 0 Å². The highest BCUT2D eigenvalue weighted by atomic mass is 19.1. The van der Waals surface area contributed by atoms with Crippen molar-refractivity contribution >= 4 is 16.9 Å². The van der Waals surface area contributed by atoms with Crippen LogP contribution in [0.25, 0.3) is 10.9 Å². The van der Waals surface area contributed by atoms with Crippen LogP contribution in [0, 0.1) is 11.6 Å². The maximum Gasteiger partial charge on any atom is 0.307 e. The van der Waals surface area contributed by atoms with Gasteiger partial charge in [0, 0.05) is 28.7 Å². The van der Waals surface area contributed by atoms with Crippen molar-refractivity contribution in [2.75, 3.05) is 13.2 Å². The number of aliphatic carboxylic acids is 1. The van der Waals surface area contributed by atoms with Crippen LogP contribution in [0.1, 0.15) is 29.5 Å². The van der Waals surface area contributed by atoms with Crippen molar-refractivity contribution in [1.82, 2.24) is 10.3 Å². The molecule has 3 aromatic rings. The molecule has 1 aliphatic heterocycles. The molecule has 7 heteroatoms. The number of benzene rings is 2. The molecule has 0 radical (unpaired) electrons. The van der Waals surface area contributed by atoms with Crippen LogP contribution < -0.4 is 10.1 Å². The number of aromatic nitrogens is 1. The molecule has 0 aliphatic carbocycles. The van der Waals surface area contributed by atoms with Crippen molar-refractivity contribution in [3.8, 4) is 5.75 Å². The summed E-state index contributed by atoms with van der Waals surface area (Å²) in [6.07, 6.45) is 5.04. The molecular formula is C23H24F2N2O3. The van der Waals surface area contributed by atoms with Gasteiger partial charge in [-0.15, -0.1) is 0 Å². The summed E-state index contributed by atoms with van der Waals surface area (Å²) in [6, 6.07) is 7.56. The fourth-order valence-electron chi connectivity index (χ4n) is 4.07. The summed E-state index contributed by atoms with van der Waals surface area (Å²) in [5.41, 5.74) is 3.28. The number of rotatable bonds is 8. The number of hydrogen-bond donors (Lipinski definition) is 3. The number of carboxylic acids is 1. The molecule has 2 aromatic carbocycles. The maximum absolute atomic E-state index is 14.0. The van der Waals surface area contributed by atoms with E-state index in [4.69, 9.17) is 9.84 Å². The number of unbranched alkanes of at least 4 members (excludes halogenated alkanes) is 1. The number of ether oxygens (including phenoxy) is 1. The van der Waals surface area contributed by atoms with Crippen molar-refractivity contribution < 1.29 is 23.4 Å². The number of hydrogen-bond acceptors (Lipinski definition) is 3. The lowest BCUT2D eigenvalue weighted by atomic mass is 9.95. The molecule has 3 N–H and O–H groups in total. The van der Waals surface area contributed by atoms with Crippen LogP contribution in [-0.4, -0.2) is 35.3 Å². The largest absolute Gasteiger partial charge is 0.489 e. The fraction of sp³-hybridized carbons (Fsp3) is 0.348. The van der Waals surface area contributed by atoms with Crippen LogP contribution in [-0.2, 0) is 24.1 Å². The van der Waals surface area contributed by atoms with Crippen LogP contribution in [0.15, 0.2) is 36.5 Å². The quantitative estimate of drug-likeness (QED) is 0.488. The van der Waals surface area contributed by atoms with E-state index in [-0.39, 0.29) is 24.0 Å². The number of nitrogens with one attached hydrogen (secondary N) is 2. The fourth-order valence-corrected chi connectivity index (χ4v) is 4.07. The van der Waals surface area contributed by atoms with Gasteiger partial charge in [-0.25, -0.2) is 8.78 Å². The van der Waals surface area contributed by atoms with Crippen molar-refractivity contribution in [2.45, 2.75) is 38.1 Å². The molecule has 0 bridgehead atoms. The minimum atomic E-state index is -0.948. The van der Waals surface area contributed by atoms with Crippen LogP contribution in [0.5, 0.6) is 5.75 Å². The molecule has 1 aliphatic rings. The van der Waals surface area contributed by atoms with Gasteiger partial charge in [-0.3, -0.25) is 4.79 Å². The number of aromatic amines is 1. The second-order valence-electron chi connectivity index (χ2n) is 7.71. The molecule has 0 spiro atoms. The first-order chi connectivity index (χ1) is 14.5. The lowest BCUT2D eigenvalue weighted by molar-refractivity contribution is -0.136. The van der Waals surface area contributed by atoms with Gasteiger partial charge < -0.3 is 20.1 Å². The van der Waals surface area contributed by atoms with Gasteiger partial charge in [0.2, 0.25) is 0 Å². The third kappa shape index (κ3) is 4.46. The second kappa shape index (κ2) is 8.83. The molecule has 4 rings (SSSR count). The lowest BCUT2D eigenvalue weighted by Gasteiger charge is -2.28. The van der Waals surface area contributed by atoms with Gasteiger partial charge in [0.05, 0.1) is 6.42 Å². The number of aryl methyl sites for hydroxylation is 1. The Hall–Kier alpha value is -2.93. The normalized spacial score (nSPS) is 15.7. The van der Waals surface area contributed by atoms with Gasteiger partial charge in [-0.1, -0.05) is 6.07 Å². The van der Waals surface area contributed by atoms with Crippen molar-refractivity contribution in [3.63, 3.8) is 0 Å². The number of H-pyrrole nitrogens is 1. The molecule has 2 heterocycles. The second-order valence-corrected chi connectivity index (χ2v) is 7.71. The third-order valence-electron chi connectivity index (χ3n) is 5.57. The highest BCUT2D eigenvalue weighted by Gasteiger charge is 2.25. The highest BCUT2D eigenvalue weighted by Crippen LogP contribution is 2.31. The summed E-state index contributed by atoms with van der Waals surface area (Å²) < 4.78 is 33.1. The number of carbonyl (C=O) groups is 1. The van der Waals surface area contributed by atoms with E-state index in [0.717, 1.165) is 42.3 Å². The van der Waals surface area contributed by atoms with E-state index < -0.39 is 11.8 Å². The molecule has 0 fully saturated rings. The molecular weight excluding hydrogens is 390 g/mol. The smallest absolute Gasteiger partial charge is 0.307 e. The summed E-state index contributed by atoms with van der Waals surface area (Å²) in [5, 5.41) is 13.4. The molecule has 30 heavy (non-hydrogen) atoms. The molecule has 0 saturated heterocycles. The van der Waals surface area contributed by atoms with Gasteiger partial charge in [-0.2, -0.15) is 0 Å². The zero-order valence-corrected chi connectivity index (χ0v) is 16.5. The SMILES string of the molecule is O=C(O)Cc1ccc(F)c2c1CC(NCCCCc1c[nH]c3ccc(F)cc13)CO2. The summed E-state index contributed by atoms with van der Waals surface area (Å²) in [4.78, 5) is 14.3. The Morgan fingerprint density at radius 1 is 1.20 bits per heavy atom. The minimum absolute atomic E-state index is 0.00836. The Morgan fingerprint density at radius 2 is 2.07 bits per heavy atom. The molecule has 1 aromatic heterocycles. The number of carboxylic acid groups (broad SMARTS) is 1. The lowest BCUT2D eigenvalue weighted by Crippen LogP contribution is -2.40. The van der Waals surface area contributed by atoms with E-state index in [1.54, 1.807) is 12.1 Å². The number of fused-ring (bicyclic) bond motifs is 2. The van der Waals surface area contributed by atoms with Gasteiger partial charge in [0.15, 0.2) is 11.6 Å². The average molecular weight is 414 g/mol. The van der Waals surface area contributed by atoms with E-state index in [2.05, 4.69) is 10.3 Å². The third-order valence-corrected chi connectivity index (χ3v) is 5.57. The van der Waals surface area contributed by atoms with Gasteiger partial charge >= 0.3 is 5.97 Å². The maximum atomic E-state index is 14.0. The summed E-state index contributed by atoms with van der Waals surface area (Å²) in [6.45, 7) is 1.12. The first kappa shape index (κ1) is 20.3. The van der Waals surface area contributed by atoms with Gasteiger partial charge in [-0.05, 0) is 67.6 Å². The zero-order valence-electron chi connectivity index (χ0n) is 16.5. The van der Waals surface area contributed by atoms with E-state index >= 15 is 0 Å². The van der Waals surface area contributed by atoms with Gasteiger partial charge in [0.25, 0.3) is 0 Å². The summed E-state index contributed by atoms with van der Waals surface area (Å²) in [5.74, 6) is -1.46. The van der Waals surface area contributed by atoms with Gasteiger partial charge in [0.1, 0.15) is 12.4 Å². The molecule has 1 unspecified atom stereocenters. The Kier molecular flexibility index (Phi) is 5.99. The van der Waals surface area contributed by atoms with Crippen molar-refractivity contribution in [3.05, 3.63) is 64.9 Å². The Morgan fingerprint density at radius 3 is 2.90 bits per heavy atom. The standard InChI is InChI=1S/C23H24F2N2O3/c24-16-5-7-21-18(10-16)15(12-27-21)3-1-2-8-26-17-11-19-14(9-22(28)29)4-6-20(25)23(19)30-13-17/h4-7,10,12,17,26-27H,1-3,8-9,11,13H2,(H,28,29). The number of halogens is 2. The highest BCUT2D eigenvalue weighted by molar-refractivity contribution is 5.83. The topological polar surface area (TPSA) is 74.4 Å². The Bertz CT molecular complexity index is 1060. The predicted molar refractivity (Wildman–Crippen MR) is 110 cm³/mol. The monoisotopic (exact) mass is 414 g/mol. The minimum Gasteiger partial charge on any atom is -0.489 e. The van der Waals surface area contributed by atoms with E-state index in [9.17, 15) is 13.6 Å². The van der Waals surface area contributed by atoms with Crippen LogP contribution in [0.3, 0.4) is 0 Å². The van der Waals surface area contributed by atoms with Crippen molar-refractivity contribution in [1.29, 1.82) is 0 Å². The molecule has 0 saturated carbocycles. The molecule has 1 atom stereocenters. The molecule has 0 amide bonds. The van der Waals surface area contributed by atoms with Crippen LogP contribution >= 0.6 is 0 Å². The van der Waals surface area contributed by atoms with E-state index in [1.165, 1.54) is 18.2 Å². The van der Waals surface area contributed by atoms with E-state index in [0.29, 0.717) is 24.2 Å². The first-order valence-electron chi connectivity index (χ1n) is 10.1. The molecule has 5 nitrogen and oxygen atoms in total. The Labute approximate surface area is 173 Å². The van der Waals surface area contributed by atoms with Crippen LogP contribution in [0.4, 0.5) is 8.78 Å². The Balaban J connectivity index is 1.29. The molecule has 158 valence electrons. The first-order valence-corrected chi connectivity index (χ1v) is 10.1. The zero-order chi connectivity index (χ0) is 21.1.